The Bertz CT molecular complexity index is 296. The zero-order chi connectivity index (χ0) is 11.7. The van der Waals surface area contributed by atoms with E-state index in [2.05, 4.69) is 10.3 Å². The van der Waals surface area contributed by atoms with Crippen molar-refractivity contribution in [3.63, 3.8) is 0 Å². The molecule has 3 aliphatic carbocycles. The van der Waals surface area contributed by atoms with E-state index in [4.69, 9.17) is 5.73 Å². The van der Waals surface area contributed by atoms with Gasteiger partial charge in [-0.3, -0.25) is 4.99 Å². The molecule has 0 aromatic carbocycles. The van der Waals surface area contributed by atoms with Gasteiger partial charge in [0.2, 0.25) is 0 Å². The Morgan fingerprint density at radius 2 is 2.06 bits per heavy atom. The lowest BCUT2D eigenvalue weighted by Crippen LogP contribution is -2.37. The van der Waals surface area contributed by atoms with Gasteiger partial charge in [-0.2, -0.15) is 0 Å². The fourth-order valence-electron chi connectivity index (χ4n) is 3.82. The van der Waals surface area contributed by atoms with Crippen molar-refractivity contribution >= 4 is 5.96 Å². The van der Waals surface area contributed by atoms with E-state index in [0.29, 0.717) is 5.96 Å². The third-order valence-corrected chi connectivity index (χ3v) is 5.17. The first-order chi connectivity index (χ1) is 8.31. The maximum atomic E-state index is 5.92. The van der Waals surface area contributed by atoms with Crippen LogP contribution in [0.25, 0.3) is 0 Å². The maximum Gasteiger partial charge on any atom is 0.188 e. The van der Waals surface area contributed by atoms with Crippen LogP contribution in [0.2, 0.25) is 0 Å². The highest BCUT2D eigenvalue weighted by Crippen LogP contribution is 2.47. The van der Waals surface area contributed by atoms with E-state index in [-0.39, 0.29) is 0 Å². The molecule has 3 aliphatic rings. The summed E-state index contributed by atoms with van der Waals surface area (Å²) in [5.74, 6) is 4.37. The summed E-state index contributed by atoms with van der Waals surface area (Å²) in [6.45, 7) is 2.00. The molecule has 3 saturated carbocycles. The van der Waals surface area contributed by atoms with Crippen LogP contribution >= 0.6 is 0 Å². The molecule has 3 nitrogen and oxygen atoms in total. The molecule has 0 aromatic rings. The van der Waals surface area contributed by atoms with Crippen molar-refractivity contribution < 1.29 is 0 Å². The van der Waals surface area contributed by atoms with Crippen LogP contribution in [0, 0.1) is 23.7 Å². The molecule has 3 unspecified atom stereocenters. The van der Waals surface area contributed by atoms with E-state index in [1.165, 1.54) is 44.9 Å². The number of nitrogens with zero attached hydrogens (tertiary/aromatic N) is 1. The molecule has 0 aliphatic heterocycles. The number of nitrogens with one attached hydrogen (secondary N) is 1. The van der Waals surface area contributed by atoms with E-state index in [9.17, 15) is 0 Å². The molecule has 0 heterocycles. The van der Waals surface area contributed by atoms with Gasteiger partial charge in [-0.05, 0) is 55.8 Å². The molecule has 3 heteroatoms. The van der Waals surface area contributed by atoms with E-state index in [0.717, 1.165) is 36.8 Å². The predicted octanol–water partition coefficient (Wildman–Crippen LogP) is 2.13. The molecule has 3 N–H and O–H groups in total. The molecule has 0 radical (unpaired) electrons. The molecule has 2 bridgehead atoms. The monoisotopic (exact) mass is 235 g/mol. The Hall–Kier alpha value is -0.730. The van der Waals surface area contributed by atoms with Gasteiger partial charge in [0.25, 0.3) is 0 Å². The fraction of sp³-hybridized carbons (Fsp3) is 0.929. The van der Waals surface area contributed by atoms with Crippen LogP contribution in [0.15, 0.2) is 4.99 Å². The Morgan fingerprint density at radius 3 is 2.65 bits per heavy atom. The van der Waals surface area contributed by atoms with Crippen LogP contribution in [-0.2, 0) is 0 Å². The molecule has 3 atom stereocenters. The first-order valence-electron chi connectivity index (χ1n) is 7.35. The first-order valence-corrected chi connectivity index (χ1v) is 7.35. The number of guanidine groups is 1. The number of fused-ring (bicyclic) bond motifs is 2. The molecule has 96 valence electrons. The molecular formula is C14H25N3. The van der Waals surface area contributed by atoms with Gasteiger partial charge in [0, 0.05) is 13.1 Å². The lowest BCUT2D eigenvalue weighted by molar-refractivity contribution is 0.323. The summed E-state index contributed by atoms with van der Waals surface area (Å²) in [5.41, 5.74) is 5.92. The Kier molecular flexibility index (Phi) is 3.26. The summed E-state index contributed by atoms with van der Waals surface area (Å²) >= 11 is 0. The standard InChI is InChI=1S/C14H25N3/c15-14(16-8-10-2-1-3-10)17-9-13-7-11-4-5-12(13)6-11/h10-13H,1-9H2,(H3,15,16,17). The van der Waals surface area contributed by atoms with Crippen molar-refractivity contribution in [3.05, 3.63) is 0 Å². The topological polar surface area (TPSA) is 50.4 Å². The van der Waals surface area contributed by atoms with E-state index < -0.39 is 0 Å². The summed E-state index contributed by atoms with van der Waals surface area (Å²) in [5, 5.41) is 3.34. The molecule has 17 heavy (non-hydrogen) atoms. The second kappa shape index (κ2) is 4.87. The molecule has 3 fully saturated rings. The average Bonchev–Trinajstić information content (AvgIpc) is 2.85. The molecule has 0 spiro atoms. The van der Waals surface area contributed by atoms with Crippen molar-refractivity contribution in [2.75, 3.05) is 13.1 Å². The smallest absolute Gasteiger partial charge is 0.188 e. The summed E-state index contributed by atoms with van der Waals surface area (Å²) in [6.07, 6.45) is 9.92. The lowest BCUT2D eigenvalue weighted by Gasteiger charge is -2.24. The average molecular weight is 235 g/mol. The lowest BCUT2D eigenvalue weighted by atomic mass is 9.86. The third kappa shape index (κ3) is 2.58. The van der Waals surface area contributed by atoms with E-state index >= 15 is 0 Å². The number of nitrogens with two attached hydrogens (primary N) is 1. The van der Waals surface area contributed by atoms with Gasteiger partial charge in [0.15, 0.2) is 5.96 Å². The van der Waals surface area contributed by atoms with Crippen molar-refractivity contribution in [1.82, 2.24) is 5.32 Å². The van der Waals surface area contributed by atoms with Crippen LogP contribution < -0.4 is 11.1 Å². The molecule has 0 saturated heterocycles. The second-order valence-electron chi connectivity index (χ2n) is 6.34. The van der Waals surface area contributed by atoms with Crippen molar-refractivity contribution in [2.45, 2.75) is 44.9 Å². The Labute approximate surface area is 104 Å². The van der Waals surface area contributed by atoms with Gasteiger partial charge in [-0.25, -0.2) is 0 Å². The van der Waals surface area contributed by atoms with E-state index in [1.54, 1.807) is 0 Å². The first kappa shape index (κ1) is 11.4. The number of aliphatic imine (C=N–C) groups is 1. The van der Waals surface area contributed by atoms with Crippen molar-refractivity contribution in [2.24, 2.45) is 34.4 Å². The maximum absolute atomic E-state index is 5.92. The van der Waals surface area contributed by atoms with Gasteiger partial charge in [0.05, 0.1) is 0 Å². The molecule has 0 aromatic heterocycles. The summed E-state index contributed by atoms with van der Waals surface area (Å²) < 4.78 is 0. The van der Waals surface area contributed by atoms with Gasteiger partial charge >= 0.3 is 0 Å². The summed E-state index contributed by atoms with van der Waals surface area (Å²) in [7, 11) is 0. The summed E-state index contributed by atoms with van der Waals surface area (Å²) in [4.78, 5) is 4.45. The van der Waals surface area contributed by atoms with Gasteiger partial charge < -0.3 is 11.1 Å². The number of hydrogen-bond acceptors (Lipinski definition) is 1. The number of hydrogen-bond donors (Lipinski definition) is 2. The quantitative estimate of drug-likeness (QED) is 0.579. The van der Waals surface area contributed by atoms with Gasteiger partial charge in [-0.1, -0.05) is 12.8 Å². The molecule has 3 rings (SSSR count). The van der Waals surface area contributed by atoms with Crippen molar-refractivity contribution in [3.8, 4) is 0 Å². The Morgan fingerprint density at radius 1 is 1.18 bits per heavy atom. The van der Waals surface area contributed by atoms with Crippen molar-refractivity contribution in [1.29, 1.82) is 0 Å². The predicted molar refractivity (Wildman–Crippen MR) is 70.8 cm³/mol. The molecular weight excluding hydrogens is 210 g/mol. The minimum Gasteiger partial charge on any atom is -0.370 e. The SMILES string of the molecule is NC(=NCC1CCC1)NCC1CC2CCC1C2. The third-order valence-electron chi connectivity index (χ3n) is 5.17. The fourth-order valence-corrected chi connectivity index (χ4v) is 3.82. The van der Waals surface area contributed by atoms with E-state index in [1.807, 2.05) is 0 Å². The van der Waals surface area contributed by atoms with Gasteiger partial charge in [0.1, 0.15) is 0 Å². The van der Waals surface area contributed by atoms with Crippen LogP contribution in [-0.4, -0.2) is 19.0 Å². The van der Waals surface area contributed by atoms with Crippen LogP contribution in [0.1, 0.15) is 44.9 Å². The highest BCUT2D eigenvalue weighted by Gasteiger charge is 2.39. The van der Waals surface area contributed by atoms with Crippen LogP contribution in [0.5, 0.6) is 0 Å². The van der Waals surface area contributed by atoms with Crippen LogP contribution in [0.4, 0.5) is 0 Å². The summed E-state index contributed by atoms with van der Waals surface area (Å²) in [6, 6.07) is 0. The molecule has 0 amide bonds. The zero-order valence-electron chi connectivity index (χ0n) is 10.7. The zero-order valence-corrected chi connectivity index (χ0v) is 10.7. The highest BCUT2D eigenvalue weighted by molar-refractivity contribution is 5.77. The minimum absolute atomic E-state index is 0.680. The normalized spacial score (nSPS) is 37.2. The highest BCUT2D eigenvalue weighted by atomic mass is 15.1. The van der Waals surface area contributed by atoms with Gasteiger partial charge in [-0.15, -0.1) is 0 Å². The van der Waals surface area contributed by atoms with Crippen LogP contribution in [0.3, 0.4) is 0 Å². The largest absolute Gasteiger partial charge is 0.370 e. The number of rotatable bonds is 4. The Balaban J connectivity index is 1.38. The second-order valence-corrected chi connectivity index (χ2v) is 6.34. The minimum atomic E-state index is 0.680.